The van der Waals surface area contributed by atoms with Crippen LogP contribution in [0, 0.1) is 0 Å². The average molecular weight is 285 g/mol. The number of hydrogen-bond donors (Lipinski definition) is 1. The highest BCUT2D eigenvalue weighted by Crippen LogP contribution is 2.11. The Balaban J connectivity index is 1.93. The Morgan fingerprint density at radius 1 is 1.53 bits per heavy atom. The Kier molecular flexibility index (Phi) is 5.13. The molecular weight excluding hydrogens is 268 g/mol. The van der Waals surface area contributed by atoms with E-state index in [-0.39, 0.29) is 12.0 Å². The number of amides is 1. The van der Waals surface area contributed by atoms with Gasteiger partial charge >= 0.3 is 0 Å². The van der Waals surface area contributed by atoms with E-state index in [1.807, 2.05) is 6.92 Å². The molecule has 6 heteroatoms. The molecule has 104 valence electrons. The number of pyridine rings is 1. The highest BCUT2D eigenvalue weighted by molar-refractivity contribution is 6.29. The largest absolute Gasteiger partial charge is 0.376 e. The van der Waals surface area contributed by atoms with Crippen molar-refractivity contribution in [3.8, 4) is 0 Å². The van der Waals surface area contributed by atoms with E-state index in [0.29, 0.717) is 37.1 Å². The number of carbonyl (C=O) groups is 1. The second-order valence-corrected chi connectivity index (χ2v) is 4.69. The lowest BCUT2D eigenvalue weighted by Crippen LogP contribution is -2.39. The summed E-state index contributed by atoms with van der Waals surface area (Å²) in [5.74, 6) is -0.173. The van der Waals surface area contributed by atoms with E-state index < -0.39 is 0 Å². The second kappa shape index (κ2) is 6.84. The predicted molar refractivity (Wildman–Crippen MR) is 71.5 cm³/mol. The predicted octanol–water partition coefficient (Wildman–Crippen LogP) is 1.44. The van der Waals surface area contributed by atoms with Gasteiger partial charge in [0, 0.05) is 17.8 Å². The fraction of sp³-hybridized carbons (Fsp3) is 0.538. The molecule has 5 nitrogen and oxygen atoms in total. The highest BCUT2D eigenvalue weighted by Gasteiger charge is 2.16. The van der Waals surface area contributed by atoms with E-state index in [4.69, 9.17) is 21.1 Å². The van der Waals surface area contributed by atoms with Crippen LogP contribution in [0.25, 0.3) is 0 Å². The number of nitrogens with one attached hydrogen (secondary N) is 1. The van der Waals surface area contributed by atoms with Crippen LogP contribution in [0.3, 0.4) is 0 Å². The quantitative estimate of drug-likeness (QED) is 0.850. The van der Waals surface area contributed by atoms with Gasteiger partial charge in [-0.2, -0.15) is 0 Å². The van der Waals surface area contributed by atoms with E-state index in [1.54, 1.807) is 12.1 Å². The molecule has 1 fully saturated rings. The van der Waals surface area contributed by atoms with Gasteiger partial charge in [0.2, 0.25) is 0 Å². The smallest absolute Gasteiger partial charge is 0.251 e. The van der Waals surface area contributed by atoms with Crippen LogP contribution in [0.5, 0.6) is 0 Å². The summed E-state index contributed by atoms with van der Waals surface area (Å²) in [5, 5.41) is 3.15. The van der Waals surface area contributed by atoms with Crippen molar-refractivity contribution in [2.75, 3.05) is 26.4 Å². The number of halogens is 1. The van der Waals surface area contributed by atoms with Crippen LogP contribution in [0.15, 0.2) is 12.1 Å². The Hall–Kier alpha value is -1.17. The van der Waals surface area contributed by atoms with Crippen molar-refractivity contribution >= 4 is 17.5 Å². The molecule has 19 heavy (non-hydrogen) atoms. The van der Waals surface area contributed by atoms with Crippen molar-refractivity contribution in [2.45, 2.75) is 19.4 Å². The third kappa shape index (κ3) is 4.16. The van der Waals surface area contributed by atoms with Crippen LogP contribution in [-0.4, -0.2) is 43.4 Å². The topological polar surface area (TPSA) is 60.5 Å². The molecule has 1 unspecified atom stereocenters. The fourth-order valence-electron chi connectivity index (χ4n) is 1.83. The molecule has 1 saturated heterocycles. The Morgan fingerprint density at radius 3 is 3.05 bits per heavy atom. The van der Waals surface area contributed by atoms with Crippen molar-refractivity contribution in [1.29, 1.82) is 0 Å². The lowest BCUT2D eigenvalue weighted by Gasteiger charge is -2.23. The summed E-state index contributed by atoms with van der Waals surface area (Å²) in [6.45, 7) is 4.09. The lowest BCUT2D eigenvalue weighted by atomic mass is 10.2. The van der Waals surface area contributed by atoms with Gasteiger partial charge in [-0.15, -0.1) is 0 Å². The first-order valence-corrected chi connectivity index (χ1v) is 6.71. The van der Waals surface area contributed by atoms with Gasteiger partial charge < -0.3 is 14.8 Å². The van der Waals surface area contributed by atoms with Crippen LogP contribution in [0.4, 0.5) is 0 Å². The first kappa shape index (κ1) is 14.2. The number of carbonyl (C=O) groups excluding carboxylic acids is 1. The molecule has 0 radical (unpaired) electrons. The number of nitrogens with zero attached hydrogens (tertiary/aromatic N) is 1. The van der Waals surface area contributed by atoms with E-state index in [9.17, 15) is 4.79 Å². The van der Waals surface area contributed by atoms with Crippen molar-refractivity contribution in [2.24, 2.45) is 0 Å². The molecule has 1 atom stereocenters. The Labute approximate surface area is 117 Å². The number of aryl methyl sites for hydroxylation is 1. The minimum absolute atomic E-state index is 0.0827. The zero-order valence-corrected chi connectivity index (χ0v) is 11.6. The minimum atomic E-state index is -0.173. The molecule has 1 aromatic heterocycles. The first-order chi connectivity index (χ1) is 9.19. The van der Waals surface area contributed by atoms with E-state index in [2.05, 4.69) is 10.3 Å². The fourth-order valence-corrected chi connectivity index (χ4v) is 2.05. The van der Waals surface area contributed by atoms with Crippen molar-refractivity contribution < 1.29 is 14.3 Å². The van der Waals surface area contributed by atoms with E-state index >= 15 is 0 Å². The van der Waals surface area contributed by atoms with Crippen LogP contribution < -0.4 is 5.32 Å². The Morgan fingerprint density at radius 2 is 2.37 bits per heavy atom. The maximum atomic E-state index is 12.0. The average Bonchev–Trinajstić information content (AvgIpc) is 2.45. The first-order valence-electron chi connectivity index (χ1n) is 6.33. The molecule has 2 heterocycles. The third-order valence-electron chi connectivity index (χ3n) is 2.85. The SMILES string of the molecule is CCc1cc(C(=O)NCC2COCCO2)cc(Cl)n1. The van der Waals surface area contributed by atoms with Crippen molar-refractivity contribution in [3.05, 3.63) is 28.5 Å². The van der Waals surface area contributed by atoms with Gasteiger partial charge in [0.05, 0.1) is 25.9 Å². The highest BCUT2D eigenvalue weighted by atomic mass is 35.5. The van der Waals surface area contributed by atoms with Gasteiger partial charge in [0.15, 0.2) is 0 Å². The Bertz CT molecular complexity index is 448. The number of aromatic nitrogens is 1. The maximum absolute atomic E-state index is 12.0. The third-order valence-corrected chi connectivity index (χ3v) is 3.04. The normalized spacial score (nSPS) is 19.2. The van der Waals surface area contributed by atoms with Crippen LogP contribution in [0.2, 0.25) is 5.15 Å². The van der Waals surface area contributed by atoms with Gasteiger partial charge in [-0.05, 0) is 18.6 Å². The van der Waals surface area contributed by atoms with Gasteiger partial charge in [0.1, 0.15) is 5.15 Å². The summed E-state index contributed by atoms with van der Waals surface area (Å²) in [5.41, 5.74) is 1.32. The van der Waals surface area contributed by atoms with Gasteiger partial charge in [-0.1, -0.05) is 18.5 Å². The standard InChI is InChI=1S/C13H17ClN2O3/c1-2-10-5-9(6-12(14)16-10)13(17)15-7-11-8-18-3-4-19-11/h5-6,11H,2-4,7-8H2,1H3,(H,15,17). The number of ether oxygens (including phenoxy) is 2. The van der Waals surface area contributed by atoms with Crippen LogP contribution in [-0.2, 0) is 15.9 Å². The molecule has 1 aliphatic heterocycles. The molecule has 0 saturated carbocycles. The summed E-state index contributed by atoms with van der Waals surface area (Å²) in [6, 6.07) is 3.31. The monoisotopic (exact) mass is 284 g/mol. The maximum Gasteiger partial charge on any atom is 0.251 e. The molecule has 0 aliphatic carbocycles. The van der Waals surface area contributed by atoms with Crippen LogP contribution >= 0.6 is 11.6 Å². The molecule has 0 spiro atoms. The molecule has 2 rings (SSSR count). The van der Waals surface area contributed by atoms with Gasteiger partial charge in [-0.25, -0.2) is 4.98 Å². The summed E-state index contributed by atoms with van der Waals surface area (Å²) < 4.78 is 10.7. The van der Waals surface area contributed by atoms with Crippen molar-refractivity contribution in [3.63, 3.8) is 0 Å². The van der Waals surface area contributed by atoms with E-state index in [0.717, 1.165) is 12.1 Å². The molecule has 0 bridgehead atoms. The minimum Gasteiger partial charge on any atom is -0.376 e. The summed E-state index contributed by atoms with van der Waals surface area (Å²) in [4.78, 5) is 16.1. The molecule has 1 amide bonds. The second-order valence-electron chi connectivity index (χ2n) is 4.30. The zero-order valence-electron chi connectivity index (χ0n) is 10.8. The van der Waals surface area contributed by atoms with Gasteiger partial charge in [-0.3, -0.25) is 4.79 Å². The van der Waals surface area contributed by atoms with Crippen molar-refractivity contribution in [1.82, 2.24) is 10.3 Å². The molecule has 1 aliphatic rings. The lowest BCUT2D eigenvalue weighted by molar-refractivity contribution is -0.0855. The summed E-state index contributed by atoms with van der Waals surface area (Å²) >= 11 is 5.89. The molecule has 0 aromatic carbocycles. The molecule has 1 N–H and O–H groups in total. The molecule has 1 aromatic rings. The number of hydrogen-bond acceptors (Lipinski definition) is 4. The number of rotatable bonds is 4. The van der Waals surface area contributed by atoms with Gasteiger partial charge in [0.25, 0.3) is 5.91 Å². The molecular formula is C13H17ClN2O3. The summed E-state index contributed by atoms with van der Waals surface area (Å²) in [7, 11) is 0. The zero-order chi connectivity index (χ0) is 13.7. The summed E-state index contributed by atoms with van der Waals surface area (Å²) in [6.07, 6.45) is 0.654. The van der Waals surface area contributed by atoms with Crippen LogP contribution in [0.1, 0.15) is 23.0 Å². The van der Waals surface area contributed by atoms with E-state index in [1.165, 1.54) is 0 Å².